The Kier molecular flexibility index (Phi) is 2.36. The number of hydrogen-bond acceptors (Lipinski definition) is 2. The van der Waals surface area contributed by atoms with E-state index in [1.165, 1.54) is 19.1 Å². The van der Waals surface area contributed by atoms with E-state index in [1.54, 1.807) is 4.31 Å². The molecule has 75 valence electrons. The summed E-state index contributed by atoms with van der Waals surface area (Å²) in [6.07, 6.45) is 7.12. The van der Waals surface area contributed by atoms with Crippen LogP contribution in [-0.2, 0) is 10.0 Å². The van der Waals surface area contributed by atoms with Gasteiger partial charge in [-0.3, -0.25) is 0 Å². The molecule has 2 fully saturated rings. The van der Waals surface area contributed by atoms with Gasteiger partial charge in [-0.15, -0.1) is 0 Å². The first-order valence-electron chi connectivity index (χ1n) is 4.86. The highest BCUT2D eigenvalue weighted by Crippen LogP contribution is 2.40. The summed E-state index contributed by atoms with van der Waals surface area (Å²) in [5.74, 6) is 1.31. The van der Waals surface area contributed by atoms with Gasteiger partial charge in [-0.25, -0.2) is 12.7 Å². The predicted molar refractivity (Wildman–Crippen MR) is 51.5 cm³/mol. The zero-order valence-corrected chi connectivity index (χ0v) is 8.76. The zero-order valence-electron chi connectivity index (χ0n) is 7.94. The van der Waals surface area contributed by atoms with Crippen LogP contribution in [0, 0.1) is 18.3 Å². The monoisotopic (exact) mass is 202 g/mol. The third-order valence-electron chi connectivity index (χ3n) is 2.96. The quantitative estimate of drug-likeness (QED) is 0.666. The Bertz CT molecular complexity index is 282. The van der Waals surface area contributed by atoms with Gasteiger partial charge in [0, 0.05) is 13.1 Å². The second kappa shape index (κ2) is 3.24. The van der Waals surface area contributed by atoms with E-state index in [1.807, 2.05) is 0 Å². The molecule has 2 rings (SSSR count). The Balaban J connectivity index is 1.99. The summed E-state index contributed by atoms with van der Waals surface area (Å²) in [5, 5.41) is 0. The Morgan fingerprint density at radius 1 is 1.38 bits per heavy atom. The van der Waals surface area contributed by atoms with Gasteiger partial charge in [-0.2, -0.15) is 0 Å². The molecule has 0 N–H and O–H groups in total. The van der Waals surface area contributed by atoms with Crippen molar-refractivity contribution in [2.24, 2.45) is 11.8 Å². The van der Waals surface area contributed by atoms with Crippen LogP contribution < -0.4 is 0 Å². The third-order valence-corrected chi connectivity index (χ3v) is 4.23. The molecule has 1 radical (unpaired) electrons. The topological polar surface area (TPSA) is 37.4 Å². The highest BCUT2D eigenvalue weighted by atomic mass is 32.2. The van der Waals surface area contributed by atoms with Crippen LogP contribution in [0.2, 0.25) is 0 Å². The average Bonchev–Trinajstić information content (AvgIpc) is 2.85. The third kappa shape index (κ3) is 2.23. The van der Waals surface area contributed by atoms with Crippen molar-refractivity contribution in [1.29, 1.82) is 0 Å². The molecule has 13 heavy (non-hydrogen) atoms. The Labute approximate surface area is 80.2 Å². The minimum Gasteiger partial charge on any atom is -0.213 e. The van der Waals surface area contributed by atoms with Gasteiger partial charge in [-0.1, -0.05) is 0 Å². The van der Waals surface area contributed by atoms with E-state index in [0.29, 0.717) is 12.5 Å². The van der Waals surface area contributed by atoms with Crippen LogP contribution in [0.3, 0.4) is 0 Å². The normalized spacial score (nSPS) is 31.9. The molecule has 2 aliphatic rings. The molecule has 4 heteroatoms. The predicted octanol–water partition coefficient (Wildman–Crippen LogP) is 0.882. The van der Waals surface area contributed by atoms with Crippen molar-refractivity contribution in [3.63, 3.8) is 0 Å². The lowest BCUT2D eigenvalue weighted by Gasteiger charge is -2.30. The van der Waals surface area contributed by atoms with Gasteiger partial charge in [0.15, 0.2) is 0 Å². The summed E-state index contributed by atoms with van der Waals surface area (Å²) in [7, 11) is -2.95. The molecular formula is C9H16NO2S. The van der Waals surface area contributed by atoms with E-state index in [9.17, 15) is 8.42 Å². The van der Waals surface area contributed by atoms with Crippen LogP contribution in [0.15, 0.2) is 0 Å². The Morgan fingerprint density at radius 2 is 2.08 bits per heavy atom. The van der Waals surface area contributed by atoms with Gasteiger partial charge < -0.3 is 0 Å². The SMILES string of the molecule is CS(=O)(=O)N1CC[CH]C(C2CC2)C1. The summed E-state index contributed by atoms with van der Waals surface area (Å²) in [5.41, 5.74) is 0. The highest BCUT2D eigenvalue weighted by molar-refractivity contribution is 7.88. The summed E-state index contributed by atoms with van der Waals surface area (Å²) in [4.78, 5) is 0. The lowest BCUT2D eigenvalue weighted by atomic mass is 9.95. The van der Waals surface area contributed by atoms with Crippen molar-refractivity contribution in [3.8, 4) is 0 Å². The molecule has 1 atom stereocenters. The van der Waals surface area contributed by atoms with Gasteiger partial charge in [0.1, 0.15) is 0 Å². The van der Waals surface area contributed by atoms with Gasteiger partial charge >= 0.3 is 0 Å². The lowest BCUT2D eigenvalue weighted by Crippen LogP contribution is -2.40. The van der Waals surface area contributed by atoms with Crippen LogP contribution >= 0.6 is 0 Å². The molecule has 1 heterocycles. The Morgan fingerprint density at radius 3 is 2.62 bits per heavy atom. The summed E-state index contributed by atoms with van der Waals surface area (Å²) in [6, 6.07) is 0. The molecule has 0 aromatic carbocycles. The molecule has 0 amide bonds. The molecule has 0 aromatic rings. The van der Waals surface area contributed by atoms with E-state index in [0.717, 1.165) is 18.9 Å². The van der Waals surface area contributed by atoms with Crippen LogP contribution in [-0.4, -0.2) is 32.1 Å². The summed E-state index contributed by atoms with van der Waals surface area (Å²) < 4.78 is 24.2. The van der Waals surface area contributed by atoms with Gasteiger partial charge in [0.25, 0.3) is 0 Å². The molecule has 1 aliphatic carbocycles. The second-order valence-electron chi connectivity index (χ2n) is 4.15. The number of piperidine rings is 1. The summed E-state index contributed by atoms with van der Waals surface area (Å²) >= 11 is 0. The average molecular weight is 202 g/mol. The first-order chi connectivity index (χ1) is 6.07. The maximum Gasteiger partial charge on any atom is 0.211 e. The van der Waals surface area contributed by atoms with Crippen LogP contribution in [0.1, 0.15) is 19.3 Å². The van der Waals surface area contributed by atoms with Crippen molar-refractivity contribution in [2.45, 2.75) is 19.3 Å². The minimum atomic E-state index is -2.95. The van der Waals surface area contributed by atoms with E-state index in [4.69, 9.17) is 0 Å². The zero-order chi connectivity index (χ0) is 9.47. The molecule has 0 spiro atoms. The van der Waals surface area contributed by atoms with Crippen molar-refractivity contribution in [2.75, 3.05) is 19.3 Å². The fraction of sp³-hybridized carbons (Fsp3) is 0.889. The maximum atomic E-state index is 11.3. The van der Waals surface area contributed by atoms with E-state index >= 15 is 0 Å². The standard InChI is InChI=1S/C9H16NO2S/c1-13(11,12)10-6-2-3-9(7-10)8-4-5-8/h3,8-9H,2,4-7H2,1H3. The number of sulfonamides is 1. The smallest absolute Gasteiger partial charge is 0.211 e. The molecule has 0 aromatic heterocycles. The molecule has 1 saturated carbocycles. The Hall–Kier alpha value is -0.0900. The van der Waals surface area contributed by atoms with Crippen molar-refractivity contribution in [1.82, 2.24) is 4.31 Å². The van der Waals surface area contributed by atoms with Crippen LogP contribution in [0.4, 0.5) is 0 Å². The first-order valence-corrected chi connectivity index (χ1v) is 6.70. The minimum absolute atomic E-state index is 0.531. The number of hydrogen-bond donors (Lipinski definition) is 0. The molecular weight excluding hydrogens is 186 g/mol. The summed E-state index contributed by atoms with van der Waals surface area (Å²) in [6.45, 7) is 1.41. The fourth-order valence-corrected chi connectivity index (χ4v) is 2.88. The molecule has 3 nitrogen and oxygen atoms in total. The van der Waals surface area contributed by atoms with E-state index < -0.39 is 10.0 Å². The lowest BCUT2D eigenvalue weighted by molar-refractivity contribution is 0.301. The maximum absolute atomic E-state index is 11.3. The fourth-order valence-electron chi connectivity index (χ4n) is 2.00. The van der Waals surface area contributed by atoms with Crippen molar-refractivity contribution < 1.29 is 8.42 Å². The van der Waals surface area contributed by atoms with Crippen LogP contribution in [0.25, 0.3) is 0 Å². The number of nitrogens with zero attached hydrogens (tertiary/aromatic N) is 1. The van der Waals surface area contributed by atoms with E-state index in [-0.39, 0.29) is 0 Å². The van der Waals surface area contributed by atoms with Crippen molar-refractivity contribution >= 4 is 10.0 Å². The second-order valence-corrected chi connectivity index (χ2v) is 6.13. The molecule has 1 unspecified atom stereocenters. The van der Waals surface area contributed by atoms with Crippen LogP contribution in [0.5, 0.6) is 0 Å². The van der Waals surface area contributed by atoms with Gasteiger partial charge in [-0.05, 0) is 37.5 Å². The largest absolute Gasteiger partial charge is 0.213 e. The molecule has 0 bridgehead atoms. The first kappa shape index (κ1) is 9.46. The highest BCUT2D eigenvalue weighted by Gasteiger charge is 2.36. The molecule has 1 aliphatic heterocycles. The molecule has 1 saturated heterocycles. The van der Waals surface area contributed by atoms with Crippen molar-refractivity contribution in [3.05, 3.63) is 6.42 Å². The van der Waals surface area contributed by atoms with E-state index in [2.05, 4.69) is 6.42 Å². The number of rotatable bonds is 2. The van der Waals surface area contributed by atoms with Gasteiger partial charge in [0.05, 0.1) is 6.26 Å². The van der Waals surface area contributed by atoms with Gasteiger partial charge in [0.2, 0.25) is 10.0 Å².